The Morgan fingerprint density at radius 1 is 0.946 bits per heavy atom. The van der Waals surface area contributed by atoms with Gasteiger partial charge in [0.25, 0.3) is 0 Å². The maximum absolute atomic E-state index is 13.2. The highest BCUT2D eigenvalue weighted by atomic mass is 32.2. The molecule has 0 bridgehead atoms. The molecule has 0 unspecified atom stereocenters. The quantitative estimate of drug-likeness (QED) is 0.413. The van der Waals surface area contributed by atoms with E-state index < -0.39 is 15.8 Å². The number of hydrogen-bond donors (Lipinski definition) is 3. The van der Waals surface area contributed by atoms with E-state index in [2.05, 4.69) is 15.6 Å². The molecule has 3 aromatic carbocycles. The predicted molar refractivity (Wildman–Crippen MR) is 141 cm³/mol. The second kappa shape index (κ2) is 8.89. The molecule has 6 rings (SSSR count). The van der Waals surface area contributed by atoms with Gasteiger partial charge < -0.3 is 14.8 Å². The summed E-state index contributed by atoms with van der Waals surface area (Å²) in [6.45, 7) is 1.87. The number of hydrogen-bond acceptors (Lipinski definition) is 8. The number of rotatable bonds is 6. The van der Waals surface area contributed by atoms with Crippen LogP contribution in [0.25, 0.3) is 0 Å². The second-order valence-corrected chi connectivity index (χ2v) is 10.9. The Hall–Kier alpha value is -3.90. The van der Waals surface area contributed by atoms with Crippen molar-refractivity contribution in [1.82, 2.24) is 25.6 Å². The van der Waals surface area contributed by atoms with Crippen LogP contribution in [0.3, 0.4) is 0 Å². The molecule has 0 fully saturated rings. The molecule has 3 aromatic rings. The van der Waals surface area contributed by atoms with Gasteiger partial charge in [0.2, 0.25) is 10.0 Å². The molecule has 3 N–H and O–H groups in total. The number of ether oxygens (including phenoxy) is 2. The minimum absolute atomic E-state index is 0.0297. The third kappa shape index (κ3) is 4.21. The number of nitrogens with zero attached hydrogens (tertiary/aromatic N) is 2. The third-order valence-electron chi connectivity index (χ3n) is 6.10. The summed E-state index contributed by atoms with van der Waals surface area (Å²) in [5, 5.41) is 6.42. The van der Waals surface area contributed by atoms with E-state index in [1.807, 2.05) is 73.7 Å². The van der Waals surface area contributed by atoms with Gasteiger partial charge in [0, 0.05) is 22.9 Å². The van der Waals surface area contributed by atoms with Crippen molar-refractivity contribution in [3.63, 3.8) is 0 Å². The van der Waals surface area contributed by atoms with E-state index in [1.165, 1.54) is 12.1 Å². The topological polar surface area (TPSA) is 95.2 Å². The third-order valence-corrected chi connectivity index (χ3v) is 7.78. The van der Waals surface area contributed by atoms with Crippen LogP contribution in [0.15, 0.2) is 108 Å². The summed E-state index contributed by atoms with van der Waals surface area (Å²) in [6, 6.07) is 23.7. The van der Waals surface area contributed by atoms with E-state index in [0.29, 0.717) is 22.3 Å². The molecule has 0 spiro atoms. The number of allylic oxidation sites excluding steroid dienone is 1. The first kappa shape index (κ1) is 23.5. The van der Waals surface area contributed by atoms with E-state index in [4.69, 9.17) is 21.7 Å². The fourth-order valence-electron chi connectivity index (χ4n) is 4.35. The van der Waals surface area contributed by atoms with E-state index in [0.717, 1.165) is 16.8 Å². The summed E-state index contributed by atoms with van der Waals surface area (Å²) in [7, 11) is -3.87. The SMILES string of the molecule is CC1=CC(=S)N2NN(CNS(=O)(=O)c3ccc4c(c3)OC(c3ccccc3)(c3ccccc3)O4)C=C2N1. The van der Waals surface area contributed by atoms with Crippen LogP contribution in [-0.4, -0.2) is 30.1 Å². The first-order valence-electron chi connectivity index (χ1n) is 11.5. The van der Waals surface area contributed by atoms with E-state index in [-0.39, 0.29) is 11.6 Å². The summed E-state index contributed by atoms with van der Waals surface area (Å²) in [6.07, 6.45) is 3.55. The molecule has 11 heteroatoms. The Balaban J connectivity index is 1.23. The highest BCUT2D eigenvalue weighted by Crippen LogP contribution is 2.48. The van der Waals surface area contributed by atoms with Gasteiger partial charge in [-0.3, -0.25) is 5.01 Å². The Kier molecular flexibility index (Phi) is 5.64. The summed E-state index contributed by atoms with van der Waals surface area (Å²) in [5.74, 6) is 0.280. The Morgan fingerprint density at radius 3 is 2.27 bits per heavy atom. The molecule has 0 radical (unpaired) electrons. The fraction of sp³-hybridized carbons (Fsp3) is 0.115. The van der Waals surface area contributed by atoms with Crippen LogP contribution in [0, 0.1) is 0 Å². The van der Waals surface area contributed by atoms with Crippen molar-refractivity contribution in [3.8, 4) is 11.5 Å². The van der Waals surface area contributed by atoms with Crippen molar-refractivity contribution in [2.45, 2.75) is 17.6 Å². The number of fused-ring (bicyclic) bond motifs is 2. The molecule has 3 aliphatic rings. The minimum Gasteiger partial charge on any atom is -0.440 e. The molecule has 0 atom stereocenters. The van der Waals surface area contributed by atoms with Crippen molar-refractivity contribution in [3.05, 3.63) is 114 Å². The lowest BCUT2D eigenvalue weighted by Gasteiger charge is -2.28. The lowest BCUT2D eigenvalue weighted by atomic mass is 9.97. The molecule has 9 nitrogen and oxygen atoms in total. The first-order valence-corrected chi connectivity index (χ1v) is 13.4. The standard InChI is InChI=1S/C26H23N5O4S2/c1-18-14-25(36)31-24(28-18)16-30(29-31)17-27-37(32,33)21-12-13-22-23(15-21)35-26(34-22,19-8-4-2-5-9-19)20-10-6-3-7-11-20/h2-16,27-29H,17H2,1H3. The molecular formula is C26H23N5O4S2. The van der Waals surface area contributed by atoms with Gasteiger partial charge in [-0.25, -0.2) is 13.4 Å². The highest BCUT2D eigenvalue weighted by molar-refractivity contribution is 7.89. The average molecular weight is 534 g/mol. The number of nitrogens with one attached hydrogen (secondary N) is 3. The van der Waals surface area contributed by atoms with Gasteiger partial charge in [0.15, 0.2) is 11.5 Å². The molecule has 0 amide bonds. The van der Waals surface area contributed by atoms with Crippen LogP contribution < -0.4 is 25.0 Å². The van der Waals surface area contributed by atoms with Crippen molar-refractivity contribution < 1.29 is 17.9 Å². The zero-order valence-electron chi connectivity index (χ0n) is 19.7. The second-order valence-electron chi connectivity index (χ2n) is 8.68. The maximum Gasteiger partial charge on any atom is 0.305 e. The van der Waals surface area contributed by atoms with Crippen molar-refractivity contribution >= 4 is 27.2 Å². The summed E-state index contributed by atoms with van der Waals surface area (Å²) >= 11 is 5.36. The van der Waals surface area contributed by atoms with E-state index in [1.54, 1.807) is 22.3 Å². The largest absolute Gasteiger partial charge is 0.440 e. The molecule has 37 heavy (non-hydrogen) atoms. The van der Waals surface area contributed by atoms with Crippen LogP contribution in [-0.2, 0) is 15.8 Å². The Morgan fingerprint density at radius 2 is 1.59 bits per heavy atom. The number of sulfonamides is 1. The van der Waals surface area contributed by atoms with Crippen molar-refractivity contribution in [1.29, 1.82) is 0 Å². The summed E-state index contributed by atoms with van der Waals surface area (Å²) < 4.78 is 41.7. The van der Waals surface area contributed by atoms with Crippen molar-refractivity contribution in [2.75, 3.05) is 6.67 Å². The normalized spacial score (nSPS) is 17.7. The van der Waals surface area contributed by atoms with Crippen LogP contribution in [0.2, 0.25) is 0 Å². The zero-order chi connectivity index (χ0) is 25.6. The van der Waals surface area contributed by atoms with Gasteiger partial charge in [-0.2, -0.15) is 4.72 Å². The molecule has 0 aliphatic carbocycles. The van der Waals surface area contributed by atoms with Gasteiger partial charge in [-0.05, 0) is 25.1 Å². The lowest BCUT2D eigenvalue weighted by molar-refractivity contribution is -0.0459. The van der Waals surface area contributed by atoms with Crippen LogP contribution in [0.1, 0.15) is 18.1 Å². The van der Waals surface area contributed by atoms with Gasteiger partial charge in [-0.1, -0.05) is 72.9 Å². The zero-order valence-corrected chi connectivity index (χ0v) is 21.3. The fourth-order valence-corrected chi connectivity index (χ4v) is 5.65. The first-order chi connectivity index (χ1) is 17.8. The predicted octanol–water partition coefficient (Wildman–Crippen LogP) is 3.27. The average Bonchev–Trinajstić information content (AvgIpc) is 3.50. The number of benzene rings is 3. The van der Waals surface area contributed by atoms with Crippen molar-refractivity contribution in [2.24, 2.45) is 0 Å². The molecule has 0 aromatic heterocycles. The van der Waals surface area contributed by atoms with Crippen LogP contribution >= 0.6 is 12.2 Å². The number of thiocarbonyl (C=S) groups is 1. The lowest BCUT2D eigenvalue weighted by Crippen LogP contribution is -2.49. The molecule has 0 saturated heterocycles. The van der Waals surface area contributed by atoms with Gasteiger partial charge in [0.1, 0.15) is 10.8 Å². The molecule has 188 valence electrons. The molecular weight excluding hydrogens is 510 g/mol. The molecule has 3 heterocycles. The smallest absolute Gasteiger partial charge is 0.305 e. The molecule has 3 aliphatic heterocycles. The Labute approximate surface area is 220 Å². The number of hydrazine groups is 2. The van der Waals surface area contributed by atoms with Gasteiger partial charge in [-0.15, -0.1) is 5.53 Å². The minimum atomic E-state index is -3.87. The molecule has 0 saturated carbocycles. The van der Waals surface area contributed by atoms with Crippen LogP contribution in [0.4, 0.5) is 0 Å². The highest BCUT2D eigenvalue weighted by Gasteiger charge is 2.45. The van der Waals surface area contributed by atoms with Crippen LogP contribution in [0.5, 0.6) is 11.5 Å². The van der Waals surface area contributed by atoms with E-state index >= 15 is 0 Å². The summed E-state index contributed by atoms with van der Waals surface area (Å²) in [5.41, 5.74) is 5.52. The van der Waals surface area contributed by atoms with Gasteiger partial charge >= 0.3 is 5.79 Å². The summed E-state index contributed by atoms with van der Waals surface area (Å²) in [4.78, 5) is 0.631. The van der Waals surface area contributed by atoms with E-state index in [9.17, 15) is 8.42 Å². The Bertz CT molecular complexity index is 1500. The maximum atomic E-state index is 13.2. The monoisotopic (exact) mass is 533 g/mol. The van der Waals surface area contributed by atoms with Gasteiger partial charge in [0.05, 0.1) is 17.8 Å².